The maximum absolute atomic E-state index is 13.4. The van der Waals surface area contributed by atoms with Crippen molar-refractivity contribution < 1.29 is 9.59 Å². The van der Waals surface area contributed by atoms with Crippen molar-refractivity contribution in [3.8, 4) is 0 Å². The number of ketones is 1. The largest absolute Gasteiger partial charge is 0.367 e. The standard InChI is InChI=1S/C24H29ClN4O2/c1-15-7-8-20-22(15)23(17(3)30)26-29(20)13-21(31)28-12-11-27(14-24(28)9-10-24)19-6-4-5-18(25)16(19)2/h4-6,15H,7-14H2,1-3H3/t15-/m0/s1. The summed E-state index contributed by atoms with van der Waals surface area (Å²) in [4.78, 5) is 29.9. The summed E-state index contributed by atoms with van der Waals surface area (Å²) in [6, 6.07) is 6.03. The van der Waals surface area contributed by atoms with Crippen molar-refractivity contribution in [1.82, 2.24) is 14.7 Å². The number of halogens is 1. The van der Waals surface area contributed by atoms with Crippen LogP contribution in [0.5, 0.6) is 0 Å². The van der Waals surface area contributed by atoms with Crippen LogP contribution in [0.25, 0.3) is 0 Å². The van der Waals surface area contributed by atoms with E-state index in [0.717, 1.165) is 66.3 Å². The van der Waals surface area contributed by atoms with Crippen molar-refractivity contribution >= 4 is 29.0 Å². The van der Waals surface area contributed by atoms with E-state index in [2.05, 4.69) is 34.8 Å². The third-order valence-corrected chi connectivity index (χ3v) is 7.79. The monoisotopic (exact) mass is 440 g/mol. The Morgan fingerprint density at radius 3 is 2.74 bits per heavy atom. The third kappa shape index (κ3) is 3.36. The number of amides is 1. The van der Waals surface area contributed by atoms with Gasteiger partial charge in [-0.3, -0.25) is 14.3 Å². The number of carbonyl (C=O) groups excluding carboxylic acids is 2. The summed E-state index contributed by atoms with van der Waals surface area (Å²) in [5.41, 5.74) is 4.85. The first-order chi connectivity index (χ1) is 14.8. The number of hydrogen-bond donors (Lipinski definition) is 0. The van der Waals surface area contributed by atoms with Crippen molar-refractivity contribution in [3.63, 3.8) is 0 Å². The van der Waals surface area contributed by atoms with Gasteiger partial charge in [0, 0.05) is 48.5 Å². The van der Waals surface area contributed by atoms with E-state index in [1.54, 1.807) is 6.92 Å². The molecule has 3 aliphatic rings. The quantitative estimate of drug-likeness (QED) is 0.675. The van der Waals surface area contributed by atoms with E-state index in [9.17, 15) is 9.59 Å². The molecule has 5 rings (SSSR count). The fourth-order valence-corrected chi connectivity index (χ4v) is 5.65. The smallest absolute Gasteiger partial charge is 0.244 e. The Bertz CT molecular complexity index is 1070. The topological polar surface area (TPSA) is 58.4 Å². The summed E-state index contributed by atoms with van der Waals surface area (Å²) in [6.45, 7) is 8.32. The number of rotatable bonds is 4. The first kappa shape index (κ1) is 20.6. The number of fused-ring (bicyclic) bond motifs is 1. The summed E-state index contributed by atoms with van der Waals surface area (Å²) >= 11 is 6.35. The molecule has 1 amide bonds. The Morgan fingerprint density at radius 2 is 2.03 bits per heavy atom. The second-order valence-electron chi connectivity index (χ2n) is 9.44. The molecule has 2 aliphatic carbocycles. The lowest BCUT2D eigenvalue weighted by molar-refractivity contribution is -0.135. The van der Waals surface area contributed by atoms with E-state index in [0.29, 0.717) is 18.2 Å². The molecular weight excluding hydrogens is 412 g/mol. The van der Waals surface area contributed by atoms with E-state index < -0.39 is 0 Å². The van der Waals surface area contributed by atoms with Crippen molar-refractivity contribution in [1.29, 1.82) is 0 Å². The molecule has 1 aromatic carbocycles. The molecule has 0 N–H and O–H groups in total. The van der Waals surface area contributed by atoms with Crippen LogP contribution >= 0.6 is 11.6 Å². The van der Waals surface area contributed by atoms with E-state index in [1.807, 2.05) is 16.8 Å². The molecule has 1 saturated carbocycles. The van der Waals surface area contributed by atoms with E-state index in [-0.39, 0.29) is 23.8 Å². The number of aromatic nitrogens is 2. The van der Waals surface area contributed by atoms with Gasteiger partial charge in [0.25, 0.3) is 0 Å². The highest BCUT2D eigenvalue weighted by atomic mass is 35.5. The van der Waals surface area contributed by atoms with Crippen molar-refractivity contribution in [2.24, 2.45) is 0 Å². The zero-order valence-electron chi connectivity index (χ0n) is 18.4. The zero-order chi connectivity index (χ0) is 21.9. The van der Waals surface area contributed by atoms with Crippen LogP contribution in [0.4, 0.5) is 5.69 Å². The van der Waals surface area contributed by atoms with Crippen LogP contribution < -0.4 is 4.90 Å². The van der Waals surface area contributed by atoms with Crippen LogP contribution in [0.3, 0.4) is 0 Å². The first-order valence-electron chi connectivity index (χ1n) is 11.2. The van der Waals surface area contributed by atoms with Crippen molar-refractivity contribution in [3.05, 3.63) is 45.7 Å². The van der Waals surface area contributed by atoms with Crippen LogP contribution in [-0.2, 0) is 17.8 Å². The molecule has 0 bridgehead atoms. The molecular formula is C24H29ClN4O2. The first-order valence-corrected chi connectivity index (χ1v) is 11.6. The molecule has 2 fully saturated rings. The summed E-state index contributed by atoms with van der Waals surface area (Å²) in [6.07, 6.45) is 3.96. The van der Waals surface area contributed by atoms with Gasteiger partial charge in [-0.05, 0) is 56.2 Å². The average molecular weight is 441 g/mol. The Balaban J connectivity index is 1.35. The number of benzene rings is 1. The highest BCUT2D eigenvalue weighted by Crippen LogP contribution is 2.46. The molecule has 0 unspecified atom stereocenters. The molecule has 2 aromatic rings. The van der Waals surface area contributed by atoms with Gasteiger partial charge in [0.15, 0.2) is 5.78 Å². The van der Waals surface area contributed by atoms with Crippen molar-refractivity contribution in [2.45, 2.75) is 64.5 Å². The van der Waals surface area contributed by atoms with Crippen LogP contribution in [0.2, 0.25) is 5.02 Å². The lowest BCUT2D eigenvalue weighted by atomic mass is 10.0. The van der Waals surface area contributed by atoms with Gasteiger partial charge in [0.2, 0.25) is 5.91 Å². The zero-order valence-corrected chi connectivity index (χ0v) is 19.2. The molecule has 31 heavy (non-hydrogen) atoms. The normalized spacial score (nSPS) is 21.5. The fourth-order valence-electron chi connectivity index (χ4n) is 5.48. The summed E-state index contributed by atoms with van der Waals surface area (Å²) in [5, 5.41) is 5.34. The minimum absolute atomic E-state index is 0.0135. The lowest BCUT2D eigenvalue weighted by Gasteiger charge is -2.43. The van der Waals surface area contributed by atoms with E-state index >= 15 is 0 Å². The maximum Gasteiger partial charge on any atom is 0.244 e. The SMILES string of the molecule is CC(=O)c1nn(CC(=O)N2CCN(c3cccc(Cl)c3C)CC23CC3)c2c1[C@@H](C)CC2. The number of piperazine rings is 1. The molecule has 1 atom stereocenters. The molecule has 7 heteroatoms. The Kier molecular flexibility index (Phi) is 4.88. The van der Waals surface area contributed by atoms with Gasteiger partial charge in [-0.25, -0.2) is 0 Å². The second-order valence-corrected chi connectivity index (χ2v) is 9.84. The third-order valence-electron chi connectivity index (χ3n) is 7.38. The number of carbonyl (C=O) groups is 2. The highest BCUT2D eigenvalue weighted by Gasteiger charge is 2.53. The molecule has 164 valence electrons. The van der Waals surface area contributed by atoms with Gasteiger partial charge in [-0.2, -0.15) is 5.10 Å². The van der Waals surface area contributed by atoms with Gasteiger partial charge in [-0.1, -0.05) is 24.6 Å². The van der Waals surface area contributed by atoms with Crippen molar-refractivity contribution in [2.75, 3.05) is 24.5 Å². The average Bonchev–Trinajstić information content (AvgIpc) is 3.22. The molecule has 2 heterocycles. The maximum atomic E-state index is 13.4. The minimum atomic E-state index is -0.0862. The Morgan fingerprint density at radius 1 is 1.26 bits per heavy atom. The van der Waals surface area contributed by atoms with Crippen LogP contribution in [0, 0.1) is 6.92 Å². The molecule has 0 radical (unpaired) electrons. The lowest BCUT2D eigenvalue weighted by Crippen LogP contribution is -2.58. The van der Waals surface area contributed by atoms with Gasteiger partial charge in [-0.15, -0.1) is 0 Å². The number of Topliss-reactive ketones (excluding diaryl/α,β-unsaturated/α-hetero) is 1. The van der Waals surface area contributed by atoms with Gasteiger partial charge >= 0.3 is 0 Å². The molecule has 1 saturated heterocycles. The van der Waals surface area contributed by atoms with Crippen LogP contribution in [0.15, 0.2) is 18.2 Å². The number of nitrogens with zero attached hydrogens (tertiary/aromatic N) is 4. The molecule has 1 aromatic heterocycles. The Labute approximate surface area is 188 Å². The highest BCUT2D eigenvalue weighted by molar-refractivity contribution is 6.31. The predicted octanol–water partition coefficient (Wildman–Crippen LogP) is 3.98. The second kappa shape index (κ2) is 7.37. The van der Waals surface area contributed by atoms with Crippen LogP contribution in [-0.4, -0.2) is 51.5 Å². The van der Waals surface area contributed by atoms with E-state index in [4.69, 9.17) is 11.6 Å². The summed E-state index contributed by atoms with van der Waals surface area (Å²) in [7, 11) is 0. The fraction of sp³-hybridized carbons (Fsp3) is 0.542. The van der Waals surface area contributed by atoms with Gasteiger partial charge in [0.1, 0.15) is 12.2 Å². The molecule has 1 spiro atoms. The summed E-state index contributed by atoms with van der Waals surface area (Å²) in [5.74, 6) is 0.428. The minimum Gasteiger partial charge on any atom is -0.367 e. The van der Waals surface area contributed by atoms with E-state index in [1.165, 1.54) is 0 Å². The molecule has 1 aliphatic heterocycles. The number of anilines is 1. The number of hydrogen-bond acceptors (Lipinski definition) is 4. The van der Waals surface area contributed by atoms with Crippen LogP contribution in [0.1, 0.15) is 66.3 Å². The molecule has 6 nitrogen and oxygen atoms in total. The van der Waals surface area contributed by atoms with Gasteiger partial charge in [0.05, 0.1) is 5.54 Å². The Hall–Kier alpha value is -2.34. The predicted molar refractivity (Wildman–Crippen MR) is 121 cm³/mol. The summed E-state index contributed by atoms with van der Waals surface area (Å²) < 4.78 is 1.81. The van der Waals surface area contributed by atoms with Gasteiger partial charge < -0.3 is 9.80 Å².